The van der Waals surface area contributed by atoms with Crippen LogP contribution >= 0.6 is 0 Å². The van der Waals surface area contributed by atoms with E-state index in [-0.39, 0.29) is 18.4 Å². The van der Waals surface area contributed by atoms with E-state index in [0.29, 0.717) is 13.0 Å². The lowest BCUT2D eigenvalue weighted by atomic mass is 9.98. The number of amides is 2. The summed E-state index contributed by atoms with van der Waals surface area (Å²) < 4.78 is 5.50. The average molecular weight is 350 g/mol. The van der Waals surface area contributed by atoms with E-state index >= 15 is 0 Å². The molecular weight excluding hydrogens is 328 g/mol. The Morgan fingerprint density at radius 2 is 1.69 bits per heavy atom. The number of carbonyl (C=O) groups excluding carboxylic acids is 2. The van der Waals surface area contributed by atoms with Crippen molar-refractivity contribution in [2.45, 2.75) is 31.2 Å². The molecule has 1 saturated heterocycles. The van der Waals surface area contributed by atoms with Crippen LogP contribution in [-0.4, -0.2) is 31.2 Å². The van der Waals surface area contributed by atoms with Crippen molar-refractivity contribution in [3.8, 4) is 11.1 Å². The Labute approximate surface area is 152 Å². The first-order valence-corrected chi connectivity index (χ1v) is 9.13. The van der Waals surface area contributed by atoms with E-state index in [2.05, 4.69) is 34.9 Å². The number of hydrogen-bond acceptors (Lipinski definition) is 3. The highest BCUT2D eigenvalue weighted by Gasteiger charge is 2.29. The molecule has 1 unspecified atom stereocenters. The second-order valence-corrected chi connectivity index (χ2v) is 6.81. The molecular formula is C21H22N2O3. The highest BCUT2D eigenvalue weighted by molar-refractivity contribution is 5.85. The topological polar surface area (TPSA) is 67.4 Å². The van der Waals surface area contributed by atoms with Crippen molar-refractivity contribution >= 4 is 12.0 Å². The predicted octanol–water partition coefficient (Wildman–Crippen LogP) is 3.19. The van der Waals surface area contributed by atoms with Gasteiger partial charge in [0.05, 0.1) is 0 Å². The zero-order chi connectivity index (χ0) is 17.9. The molecule has 1 aliphatic carbocycles. The Bertz CT molecular complexity index is 788. The van der Waals surface area contributed by atoms with Crippen LogP contribution in [0, 0.1) is 0 Å². The number of carbonyl (C=O) groups is 2. The van der Waals surface area contributed by atoms with Crippen LogP contribution in [0.1, 0.15) is 36.3 Å². The first kappa shape index (κ1) is 16.6. The van der Waals surface area contributed by atoms with E-state index in [9.17, 15) is 9.59 Å². The van der Waals surface area contributed by atoms with Crippen molar-refractivity contribution in [3.05, 3.63) is 59.7 Å². The Hall–Kier alpha value is -2.82. The van der Waals surface area contributed by atoms with Crippen molar-refractivity contribution in [1.29, 1.82) is 0 Å². The molecule has 0 aromatic heterocycles. The van der Waals surface area contributed by atoms with Crippen LogP contribution in [0.3, 0.4) is 0 Å². The molecule has 2 aromatic rings. The number of alkyl carbamates (subject to hydrolysis) is 1. The minimum absolute atomic E-state index is 0.0242. The number of hydrogen-bond donors (Lipinski definition) is 2. The highest BCUT2D eigenvalue weighted by atomic mass is 16.5. The van der Waals surface area contributed by atoms with Gasteiger partial charge in [0.2, 0.25) is 5.91 Å². The lowest BCUT2D eigenvalue weighted by Gasteiger charge is -2.17. The van der Waals surface area contributed by atoms with Gasteiger partial charge in [-0.05, 0) is 41.5 Å². The Morgan fingerprint density at radius 1 is 1.04 bits per heavy atom. The van der Waals surface area contributed by atoms with Crippen molar-refractivity contribution in [2.75, 3.05) is 13.2 Å². The van der Waals surface area contributed by atoms with Gasteiger partial charge < -0.3 is 15.4 Å². The quantitative estimate of drug-likeness (QED) is 0.893. The van der Waals surface area contributed by atoms with Gasteiger partial charge in [-0.3, -0.25) is 4.79 Å². The Balaban J connectivity index is 1.44. The molecule has 1 fully saturated rings. The average Bonchev–Trinajstić information content (AvgIpc) is 2.84. The molecule has 2 amide bonds. The van der Waals surface area contributed by atoms with E-state index in [0.717, 1.165) is 12.8 Å². The predicted molar refractivity (Wildman–Crippen MR) is 98.9 cm³/mol. The van der Waals surface area contributed by atoms with E-state index in [1.165, 1.54) is 22.3 Å². The highest BCUT2D eigenvalue weighted by Crippen LogP contribution is 2.44. The van der Waals surface area contributed by atoms with Crippen LogP contribution in [0.25, 0.3) is 11.1 Å². The smallest absolute Gasteiger partial charge is 0.407 e. The van der Waals surface area contributed by atoms with Gasteiger partial charge in [0.15, 0.2) is 0 Å². The molecule has 134 valence electrons. The van der Waals surface area contributed by atoms with Crippen LogP contribution < -0.4 is 10.6 Å². The molecule has 1 aliphatic heterocycles. The van der Waals surface area contributed by atoms with Crippen molar-refractivity contribution < 1.29 is 14.3 Å². The number of nitrogens with one attached hydrogen (secondary N) is 2. The SMILES string of the molecule is O=C(NC1CCCCNC1=O)OCC1c2ccccc2-c2ccccc21. The van der Waals surface area contributed by atoms with Crippen LogP contribution in [0.5, 0.6) is 0 Å². The van der Waals surface area contributed by atoms with Gasteiger partial charge in [0.1, 0.15) is 12.6 Å². The zero-order valence-corrected chi connectivity index (χ0v) is 14.5. The van der Waals surface area contributed by atoms with Crippen molar-refractivity contribution in [1.82, 2.24) is 10.6 Å². The third-order valence-corrected chi connectivity index (χ3v) is 5.17. The Morgan fingerprint density at radius 3 is 2.38 bits per heavy atom. The molecule has 1 atom stereocenters. The molecule has 0 bridgehead atoms. The molecule has 0 spiro atoms. The largest absolute Gasteiger partial charge is 0.449 e. The van der Waals surface area contributed by atoms with Gasteiger partial charge in [0.25, 0.3) is 0 Å². The summed E-state index contributed by atoms with van der Waals surface area (Å²) in [6, 6.07) is 15.9. The molecule has 2 N–H and O–H groups in total. The fourth-order valence-corrected chi connectivity index (χ4v) is 3.86. The molecule has 2 aliphatic rings. The summed E-state index contributed by atoms with van der Waals surface area (Å²) in [6.07, 6.45) is 1.96. The summed E-state index contributed by atoms with van der Waals surface area (Å²) in [7, 11) is 0. The maximum atomic E-state index is 12.2. The lowest BCUT2D eigenvalue weighted by molar-refractivity contribution is -0.122. The second kappa shape index (κ2) is 7.20. The minimum Gasteiger partial charge on any atom is -0.449 e. The molecule has 4 rings (SSSR count). The molecule has 0 radical (unpaired) electrons. The summed E-state index contributed by atoms with van der Waals surface area (Å²) >= 11 is 0. The van der Waals surface area contributed by atoms with Gasteiger partial charge in [-0.25, -0.2) is 4.79 Å². The van der Waals surface area contributed by atoms with E-state index in [1.807, 2.05) is 24.3 Å². The number of rotatable bonds is 3. The molecule has 26 heavy (non-hydrogen) atoms. The summed E-state index contributed by atoms with van der Waals surface area (Å²) in [6.45, 7) is 0.926. The summed E-state index contributed by atoms with van der Waals surface area (Å²) in [5.74, 6) is -0.105. The number of ether oxygens (including phenoxy) is 1. The van der Waals surface area contributed by atoms with Gasteiger partial charge in [-0.2, -0.15) is 0 Å². The first-order valence-electron chi connectivity index (χ1n) is 9.13. The number of benzene rings is 2. The monoisotopic (exact) mass is 350 g/mol. The fourth-order valence-electron chi connectivity index (χ4n) is 3.86. The van der Waals surface area contributed by atoms with Crippen LogP contribution in [0.2, 0.25) is 0 Å². The molecule has 5 nitrogen and oxygen atoms in total. The van der Waals surface area contributed by atoms with Crippen LogP contribution in [0.4, 0.5) is 4.79 Å². The molecule has 1 heterocycles. The summed E-state index contributed by atoms with van der Waals surface area (Å²) in [5, 5.41) is 5.52. The molecule has 0 saturated carbocycles. The maximum absolute atomic E-state index is 12.2. The third-order valence-electron chi connectivity index (χ3n) is 5.17. The minimum atomic E-state index is -0.533. The third kappa shape index (κ3) is 3.17. The zero-order valence-electron chi connectivity index (χ0n) is 14.5. The maximum Gasteiger partial charge on any atom is 0.407 e. The lowest BCUT2D eigenvalue weighted by Crippen LogP contribution is -2.45. The van der Waals surface area contributed by atoms with Crippen molar-refractivity contribution in [3.63, 3.8) is 0 Å². The van der Waals surface area contributed by atoms with E-state index in [4.69, 9.17) is 4.74 Å². The number of fused-ring (bicyclic) bond motifs is 3. The van der Waals surface area contributed by atoms with Crippen molar-refractivity contribution in [2.24, 2.45) is 0 Å². The van der Waals surface area contributed by atoms with E-state index in [1.54, 1.807) is 0 Å². The van der Waals surface area contributed by atoms with Gasteiger partial charge >= 0.3 is 6.09 Å². The van der Waals surface area contributed by atoms with Gasteiger partial charge in [-0.15, -0.1) is 0 Å². The first-order chi connectivity index (χ1) is 12.7. The summed E-state index contributed by atoms with van der Waals surface area (Å²) in [4.78, 5) is 24.2. The fraction of sp³-hybridized carbons (Fsp3) is 0.333. The van der Waals surface area contributed by atoms with Crippen LogP contribution in [0.15, 0.2) is 48.5 Å². The Kier molecular flexibility index (Phi) is 4.61. The summed E-state index contributed by atoms with van der Waals surface area (Å²) in [5.41, 5.74) is 4.74. The standard InChI is InChI=1S/C21H22N2O3/c24-20-19(11-5-6-12-22-20)23-21(25)26-13-18-16-9-3-1-7-14(16)15-8-2-4-10-17(15)18/h1-4,7-10,18-19H,5-6,11-13H2,(H,22,24)(H,23,25). The van der Waals surface area contributed by atoms with Gasteiger partial charge in [0, 0.05) is 12.5 Å². The molecule has 2 aromatic carbocycles. The normalized spacial score (nSPS) is 19.1. The van der Waals surface area contributed by atoms with Crippen LogP contribution in [-0.2, 0) is 9.53 Å². The second-order valence-electron chi connectivity index (χ2n) is 6.81. The van der Waals surface area contributed by atoms with E-state index < -0.39 is 12.1 Å². The molecule has 5 heteroatoms. The van der Waals surface area contributed by atoms with Gasteiger partial charge in [-0.1, -0.05) is 48.5 Å².